The number of rotatable bonds is 2. The largest absolute Gasteiger partial charge is 0.332 e. The van der Waals surface area contributed by atoms with Crippen molar-refractivity contribution < 1.29 is 0 Å². The van der Waals surface area contributed by atoms with Gasteiger partial charge in [0.15, 0.2) is 11.2 Å². The number of nitrogens with zero attached hydrogens (tertiary/aromatic N) is 5. The van der Waals surface area contributed by atoms with Crippen LogP contribution in [0.5, 0.6) is 0 Å². The number of hydrogen-bond donors (Lipinski definition) is 0. The van der Waals surface area contributed by atoms with Crippen LogP contribution in [0, 0.1) is 0 Å². The van der Waals surface area contributed by atoms with Crippen LogP contribution in [0.15, 0.2) is 39.9 Å². The Morgan fingerprint density at radius 3 is 2.23 bits per heavy atom. The van der Waals surface area contributed by atoms with Crippen molar-refractivity contribution in [2.45, 2.75) is 0 Å². The molecule has 0 saturated heterocycles. The highest BCUT2D eigenvalue weighted by atomic mass is 16.2. The predicted octanol–water partition coefficient (Wildman–Crippen LogP) is 0.739. The van der Waals surface area contributed by atoms with Gasteiger partial charge in [-0.3, -0.25) is 13.9 Å². The van der Waals surface area contributed by atoms with Gasteiger partial charge in [-0.2, -0.15) is 4.98 Å². The summed E-state index contributed by atoms with van der Waals surface area (Å²) < 4.78 is 4.19. The molecular formula is C15H17N5O2. The highest BCUT2D eigenvalue weighted by molar-refractivity contribution is 5.76. The summed E-state index contributed by atoms with van der Waals surface area (Å²) in [6.45, 7) is 0. The van der Waals surface area contributed by atoms with Gasteiger partial charge in [0.2, 0.25) is 5.95 Å². The molecule has 0 aliphatic heterocycles. The third kappa shape index (κ3) is 1.86. The smallest absolute Gasteiger partial charge is 0.315 e. The minimum absolute atomic E-state index is 0.346. The third-order valence-corrected chi connectivity index (χ3v) is 3.90. The van der Waals surface area contributed by atoms with E-state index >= 15 is 0 Å². The molecule has 7 heteroatoms. The van der Waals surface area contributed by atoms with Crippen LogP contribution >= 0.6 is 0 Å². The van der Waals surface area contributed by atoms with E-state index in [1.807, 2.05) is 42.3 Å². The first-order valence-corrected chi connectivity index (χ1v) is 6.84. The number of para-hydroxylation sites is 1. The number of hydrogen-bond acceptors (Lipinski definition) is 4. The molecule has 7 nitrogen and oxygen atoms in total. The second kappa shape index (κ2) is 4.87. The van der Waals surface area contributed by atoms with Crippen molar-refractivity contribution in [1.29, 1.82) is 0 Å². The van der Waals surface area contributed by atoms with Crippen LogP contribution in [0.2, 0.25) is 0 Å². The molecule has 0 bridgehead atoms. The molecular weight excluding hydrogens is 282 g/mol. The fourth-order valence-corrected chi connectivity index (χ4v) is 2.57. The van der Waals surface area contributed by atoms with E-state index in [1.54, 1.807) is 18.7 Å². The van der Waals surface area contributed by atoms with E-state index in [9.17, 15) is 9.59 Å². The van der Waals surface area contributed by atoms with Gasteiger partial charge in [-0.05, 0) is 12.1 Å². The zero-order valence-corrected chi connectivity index (χ0v) is 12.9. The average molecular weight is 299 g/mol. The Hall–Kier alpha value is -2.83. The normalized spacial score (nSPS) is 11.1. The molecule has 0 spiro atoms. The predicted molar refractivity (Wildman–Crippen MR) is 85.7 cm³/mol. The second-order valence-electron chi connectivity index (χ2n) is 5.24. The summed E-state index contributed by atoms with van der Waals surface area (Å²) in [5.41, 5.74) is 1.00. The molecule has 0 N–H and O–H groups in total. The quantitative estimate of drug-likeness (QED) is 0.700. The first-order valence-electron chi connectivity index (χ1n) is 6.84. The Morgan fingerprint density at radius 1 is 0.955 bits per heavy atom. The van der Waals surface area contributed by atoms with Gasteiger partial charge in [0.25, 0.3) is 5.56 Å². The van der Waals surface area contributed by atoms with Crippen LogP contribution in [-0.4, -0.2) is 25.7 Å². The van der Waals surface area contributed by atoms with Crippen LogP contribution in [0.1, 0.15) is 0 Å². The minimum atomic E-state index is -0.385. The van der Waals surface area contributed by atoms with Crippen molar-refractivity contribution in [2.24, 2.45) is 21.1 Å². The van der Waals surface area contributed by atoms with E-state index in [0.29, 0.717) is 17.1 Å². The fourth-order valence-electron chi connectivity index (χ4n) is 2.57. The highest BCUT2D eigenvalue weighted by Crippen LogP contribution is 2.23. The maximum absolute atomic E-state index is 12.4. The lowest BCUT2D eigenvalue weighted by molar-refractivity contribution is 0.705. The van der Waals surface area contributed by atoms with Crippen LogP contribution in [-0.2, 0) is 21.1 Å². The monoisotopic (exact) mass is 299 g/mol. The molecule has 2 aromatic heterocycles. The van der Waals surface area contributed by atoms with Crippen molar-refractivity contribution in [3.63, 3.8) is 0 Å². The Bertz CT molecular complexity index is 965. The van der Waals surface area contributed by atoms with Gasteiger partial charge in [-0.15, -0.1) is 0 Å². The molecule has 0 radical (unpaired) electrons. The molecule has 3 rings (SSSR count). The van der Waals surface area contributed by atoms with Crippen LogP contribution < -0.4 is 16.1 Å². The van der Waals surface area contributed by atoms with E-state index in [-0.39, 0.29) is 11.2 Å². The Kier molecular flexibility index (Phi) is 3.13. The zero-order chi connectivity index (χ0) is 16.0. The summed E-state index contributed by atoms with van der Waals surface area (Å²) in [5, 5.41) is 0. The Labute approximate surface area is 126 Å². The second-order valence-corrected chi connectivity index (χ2v) is 5.24. The lowest BCUT2D eigenvalue weighted by atomic mass is 10.3. The summed E-state index contributed by atoms with van der Waals surface area (Å²) in [4.78, 5) is 30.8. The van der Waals surface area contributed by atoms with Crippen molar-refractivity contribution in [3.05, 3.63) is 51.2 Å². The SMILES string of the molecule is CN(c1ccccc1)c1nc2c(c(=O)n(C)c(=O)n2C)n1C. The number of imidazole rings is 1. The number of anilines is 2. The molecule has 0 fully saturated rings. The van der Waals surface area contributed by atoms with Gasteiger partial charge < -0.3 is 9.47 Å². The fraction of sp³-hybridized carbons (Fsp3) is 0.267. The van der Waals surface area contributed by atoms with Crippen molar-refractivity contribution in [1.82, 2.24) is 18.7 Å². The summed E-state index contributed by atoms with van der Waals surface area (Å²) in [7, 11) is 6.73. The van der Waals surface area contributed by atoms with Crippen molar-refractivity contribution >= 4 is 22.8 Å². The molecule has 0 aliphatic rings. The zero-order valence-electron chi connectivity index (χ0n) is 12.9. The summed E-state index contributed by atoms with van der Waals surface area (Å²) >= 11 is 0. The first-order chi connectivity index (χ1) is 10.4. The lowest BCUT2D eigenvalue weighted by Gasteiger charge is -2.17. The molecule has 0 aliphatic carbocycles. The number of aryl methyl sites for hydroxylation is 2. The van der Waals surface area contributed by atoms with Crippen molar-refractivity contribution in [3.8, 4) is 0 Å². The standard InChI is InChI=1S/C15H17N5O2/c1-17(10-8-6-5-7-9-10)14-16-12-11(18(14)2)13(21)20(4)15(22)19(12)3/h5-9H,1-4H3. The van der Waals surface area contributed by atoms with E-state index < -0.39 is 0 Å². The molecule has 0 amide bonds. The molecule has 3 aromatic rings. The van der Waals surface area contributed by atoms with Gasteiger partial charge in [-0.1, -0.05) is 18.2 Å². The van der Waals surface area contributed by atoms with Crippen LogP contribution in [0.4, 0.5) is 11.6 Å². The number of benzene rings is 1. The highest BCUT2D eigenvalue weighted by Gasteiger charge is 2.19. The molecule has 0 unspecified atom stereocenters. The van der Waals surface area contributed by atoms with Gasteiger partial charge in [0.1, 0.15) is 0 Å². The van der Waals surface area contributed by atoms with Gasteiger partial charge >= 0.3 is 5.69 Å². The molecule has 114 valence electrons. The maximum atomic E-state index is 12.4. The van der Waals surface area contributed by atoms with E-state index in [4.69, 9.17) is 0 Å². The van der Waals surface area contributed by atoms with Crippen LogP contribution in [0.3, 0.4) is 0 Å². The Balaban J connectivity index is 2.32. The molecule has 0 atom stereocenters. The molecule has 1 aromatic carbocycles. The van der Waals surface area contributed by atoms with E-state index in [1.165, 1.54) is 11.6 Å². The van der Waals surface area contributed by atoms with E-state index in [2.05, 4.69) is 4.98 Å². The summed E-state index contributed by atoms with van der Waals surface area (Å²) in [5.74, 6) is 0.597. The van der Waals surface area contributed by atoms with Crippen LogP contribution in [0.25, 0.3) is 11.2 Å². The molecule has 22 heavy (non-hydrogen) atoms. The first kappa shape index (κ1) is 14.1. The number of aromatic nitrogens is 4. The topological polar surface area (TPSA) is 65.1 Å². The molecule has 0 saturated carbocycles. The number of fused-ring (bicyclic) bond motifs is 1. The lowest BCUT2D eigenvalue weighted by Crippen LogP contribution is -2.37. The maximum Gasteiger partial charge on any atom is 0.332 e. The molecule has 2 heterocycles. The van der Waals surface area contributed by atoms with Crippen molar-refractivity contribution in [2.75, 3.05) is 11.9 Å². The van der Waals surface area contributed by atoms with Gasteiger partial charge in [-0.25, -0.2) is 4.79 Å². The van der Waals surface area contributed by atoms with E-state index in [0.717, 1.165) is 10.3 Å². The minimum Gasteiger partial charge on any atom is -0.315 e. The average Bonchev–Trinajstić information content (AvgIpc) is 2.88. The summed E-state index contributed by atoms with van der Waals surface area (Å²) in [6.07, 6.45) is 0. The Morgan fingerprint density at radius 2 is 1.59 bits per heavy atom. The van der Waals surface area contributed by atoms with Gasteiger partial charge in [0.05, 0.1) is 0 Å². The summed E-state index contributed by atoms with van der Waals surface area (Å²) in [6, 6.07) is 9.71. The van der Waals surface area contributed by atoms with Gasteiger partial charge in [0, 0.05) is 33.9 Å². The third-order valence-electron chi connectivity index (χ3n) is 3.90.